The van der Waals surface area contributed by atoms with Crippen LogP contribution in [-0.4, -0.2) is 19.6 Å². The van der Waals surface area contributed by atoms with E-state index in [9.17, 15) is 8.78 Å². The molecule has 1 N–H and O–H groups in total. The van der Waals surface area contributed by atoms with Crippen molar-refractivity contribution in [3.05, 3.63) is 35.9 Å². The van der Waals surface area contributed by atoms with Crippen molar-refractivity contribution < 1.29 is 8.78 Å². The third-order valence-corrected chi connectivity index (χ3v) is 2.58. The average molecular weight is 292 g/mol. The molecule has 0 saturated heterocycles. The summed E-state index contributed by atoms with van der Waals surface area (Å²) in [6.07, 6.45) is 3.02. The fourth-order valence-corrected chi connectivity index (χ4v) is 1.69. The van der Waals surface area contributed by atoms with Gasteiger partial charge in [0.05, 0.1) is 11.4 Å². The van der Waals surface area contributed by atoms with Gasteiger partial charge in [-0.1, -0.05) is 0 Å². The highest BCUT2D eigenvalue weighted by atomic mass is 35.5. The summed E-state index contributed by atoms with van der Waals surface area (Å²) in [7, 11) is 0. The van der Waals surface area contributed by atoms with Gasteiger partial charge in [0.2, 0.25) is 0 Å². The Morgan fingerprint density at radius 3 is 2.74 bits per heavy atom. The fraction of sp³-hybridized carbons (Fsp3) is 0.455. The van der Waals surface area contributed by atoms with E-state index in [1.54, 1.807) is 12.3 Å². The van der Waals surface area contributed by atoms with Crippen molar-refractivity contribution >= 4 is 12.4 Å². The molecule has 0 unspecified atom stereocenters. The first-order valence-electron chi connectivity index (χ1n) is 5.74. The molecule has 0 aromatic carbocycles. The van der Waals surface area contributed by atoms with Crippen LogP contribution in [0.4, 0.5) is 8.78 Å². The highest BCUT2D eigenvalue weighted by Gasteiger charge is 2.07. The second-order valence-corrected chi connectivity index (χ2v) is 3.81. The molecule has 0 aliphatic heterocycles. The molecule has 2 aromatic rings. The van der Waals surface area contributed by atoms with Crippen molar-refractivity contribution in [2.45, 2.75) is 33.1 Å². The SMILES string of the molecule is CCn1nccc1CNCc1ccn(C(F)F)n1.Cl. The molecule has 0 amide bonds. The van der Waals surface area contributed by atoms with Crippen LogP contribution in [0.5, 0.6) is 0 Å². The van der Waals surface area contributed by atoms with E-state index < -0.39 is 6.55 Å². The van der Waals surface area contributed by atoms with Crippen molar-refractivity contribution in [2.24, 2.45) is 0 Å². The maximum Gasteiger partial charge on any atom is 0.333 e. The van der Waals surface area contributed by atoms with Gasteiger partial charge in [-0.05, 0) is 19.1 Å². The fourth-order valence-electron chi connectivity index (χ4n) is 1.69. The van der Waals surface area contributed by atoms with Gasteiger partial charge < -0.3 is 5.32 Å². The summed E-state index contributed by atoms with van der Waals surface area (Å²) in [6, 6.07) is 3.50. The Labute approximate surface area is 116 Å². The van der Waals surface area contributed by atoms with Crippen LogP contribution in [-0.2, 0) is 19.6 Å². The number of rotatable bonds is 6. The van der Waals surface area contributed by atoms with Gasteiger partial charge in [0.15, 0.2) is 0 Å². The van der Waals surface area contributed by atoms with Crippen molar-refractivity contribution in [3.8, 4) is 0 Å². The number of alkyl halides is 2. The van der Waals surface area contributed by atoms with Gasteiger partial charge in [-0.25, -0.2) is 4.68 Å². The largest absolute Gasteiger partial charge is 0.333 e. The third-order valence-electron chi connectivity index (χ3n) is 2.58. The number of nitrogens with one attached hydrogen (secondary N) is 1. The van der Waals surface area contributed by atoms with E-state index in [2.05, 4.69) is 15.5 Å². The van der Waals surface area contributed by atoms with E-state index in [1.165, 1.54) is 6.20 Å². The molecule has 5 nitrogen and oxygen atoms in total. The Morgan fingerprint density at radius 1 is 1.32 bits per heavy atom. The molecule has 2 aromatic heterocycles. The van der Waals surface area contributed by atoms with Crippen LogP contribution in [0.25, 0.3) is 0 Å². The van der Waals surface area contributed by atoms with Crippen LogP contribution in [0, 0.1) is 0 Å². The number of hydrogen-bond acceptors (Lipinski definition) is 3. The topological polar surface area (TPSA) is 47.7 Å². The summed E-state index contributed by atoms with van der Waals surface area (Å²) >= 11 is 0. The van der Waals surface area contributed by atoms with E-state index in [1.807, 2.05) is 17.7 Å². The molecule has 19 heavy (non-hydrogen) atoms. The molecule has 0 aliphatic carbocycles. The van der Waals surface area contributed by atoms with Gasteiger partial charge in [-0.2, -0.15) is 19.0 Å². The van der Waals surface area contributed by atoms with Gasteiger partial charge in [-0.15, -0.1) is 12.4 Å². The van der Waals surface area contributed by atoms with Crippen LogP contribution in [0.3, 0.4) is 0 Å². The van der Waals surface area contributed by atoms with Crippen molar-refractivity contribution in [2.75, 3.05) is 0 Å². The first-order valence-corrected chi connectivity index (χ1v) is 5.74. The number of nitrogens with zero attached hydrogens (tertiary/aromatic N) is 4. The van der Waals surface area contributed by atoms with Gasteiger partial charge in [-0.3, -0.25) is 4.68 Å². The molecule has 106 valence electrons. The monoisotopic (exact) mass is 291 g/mol. The van der Waals surface area contributed by atoms with Gasteiger partial charge in [0.25, 0.3) is 0 Å². The zero-order valence-electron chi connectivity index (χ0n) is 10.5. The maximum atomic E-state index is 12.3. The van der Waals surface area contributed by atoms with E-state index >= 15 is 0 Å². The summed E-state index contributed by atoms with van der Waals surface area (Å²) < 4.78 is 27.1. The molecule has 0 spiro atoms. The number of aromatic nitrogens is 4. The Bertz CT molecular complexity index is 497. The molecule has 0 bridgehead atoms. The molecule has 2 heterocycles. The maximum absolute atomic E-state index is 12.3. The molecule has 8 heteroatoms. The predicted molar refractivity (Wildman–Crippen MR) is 69.2 cm³/mol. The number of hydrogen-bond donors (Lipinski definition) is 1. The minimum Gasteiger partial charge on any atom is -0.305 e. The predicted octanol–water partition coefficient (Wildman–Crippen LogP) is 2.21. The second kappa shape index (κ2) is 7.20. The Balaban J connectivity index is 0.00000180. The average Bonchev–Trinajstić information content (AvgIpc) is 2.97. The van der Waals surface area contributed by atoms with E-state index in [0.29, 0.717) is 23.5 Å². The van der Waals surface area contributed by atoms with Gasteiger partial charge in [0.1, 0.15) is 0 Å². The Kier molecular flexibility index (Phi) is 5.91. The Morgan fingerprint density at radius 2 is 2.11 bits per heavy atom. The zero-order chi connectivity index (χ0) is 13.0. The molecular formula is C11H16ClF2N5. The summed E-state index contributed by atoms with van der Waals surface area (Å²) in [5.74, 6) is 0. The summed E-state index contributed by atoms with van der Waals surface area (Å²) in [5, 5.41) is 11.0. The quantitative estimate of drug-likeness (QED) is 0.888. The first-order chi connectivity index (χ1) is 8.70. The van der Waals surface area contributed by atoms with E-state index in [-0.39, 0.29) is 12.4 Å². The van der Waals surface area contributed by atoms with Crippen molar-refractivity contribution in [1.29, 1.82) is 0 Å². The van der Waals surface area contributed by atoms with Crippen LogP contribution >= 0.6 is 12.4 Å². The molecular weight excluding hydrogens is 276 g/mol. The van der Waals surface area contributed by atoms with Gasteiger partial charge >= 0.3 is 6.55 Å². The van der Waals surface area contributed by atoms with Crippen molar-refractivity contribution in [1.82, 2.24) is 24.9 Å². The normalized spacial score (nSPS) is 10.7. The first kappa shape index (κ1) is 15.6. The zero-order valence-corrected chi connectivity index (χ0v) is 11.3. The summed E-state index contributed by atoms with van der Waals surface area (Å²) in [6.45, 7) is 1.33. The molecule has 0 aliphatic rings. The second-order valence-electron chi connectivity index (χ2n) is 3.81. The standard InChI is InChI=1S/C11H15F2N5.ClH/c1-2-17-10(3-5-15-17)8-14-7-9-4-6-18(16-9)11(12)13;/h3-6,11,14H,2,7-8H2,1H3;1H. The highest BCUT2D eigenvalue weighted by molar-refractivity contribution is 5.85. The molecule has 0 atom stereocenters. The molecule has 0 saturated carbocycles. The Hall–Kier alpha value is -1.47. The highest BCUT2D eigenvalue weighted by Crippen LogP contribution is 2.08. The minimum absolute atomic E-state index is 0. The molecule has 2 rings (SSSR count). The minimum atomic E-state index is -2.58. The van der Waals surface area contributed by atoms with E-state index in [0.717, 1.165) is 12.2 Å². The lowest BCUT2D eigenvalue weighted by molar-refractivity contribution is 0.0561. The van der Waals surface area contributed by atoms with Crippen molar-refractivity contribution in [3.63, 3.8) is 0 Å². The lowest BCUT2D eigenvalue weighted by Gasteiger charge is -2.05. The number of halogens is 3. The number of aryl methyl sites for hydroxylation is 1. The van der Waals surface area contributed by atoms with E-state index in [4.69, 9.17) is 0 Å². The van der Waals surface area contributed by atoms with Crippen LogP contribution in [0.15, 0.2) is 24.5 Å². The lowest BCUT2D eigenvalue weighted by atomic mass is 10.4. The smallest absolute Gasteiger partial charge is 0.305 e. The van der Waals surface area contributed by atoms with Gasteiger partial charge in [0, 0.05) is 32.0 Å². The molecule has 0 fully saturated rings. The summed E-state index contributed by atoms with van der Waals surface area (Å²) in [4.78, 5) is 0. The van der Waals surface area contributed by atoms with Crippen LogP contribution < -0.4 is 5.32 Å². The molecule has 0 radical (unpaired) electrons. The summed E-state index contributed by atoms with van der Waals surface area (Å²) in [5.41, 5.74) is 1.66. The van der Waals surface area contributed by atoms with Crippen LogP contribution in [0.2, 0.25) is 0 Å². The third kappa shape index (κ3) is 4.00. The lowest BCUT2D eigenvalue weighted by Crippen LogP contribution is -2.16. The van der Waals surface area contributed by atoms with Crippen LogP contribution in [0.1, 0.15) is 24.9 Å².